The van der Waals surface area contributed by atoms with Gasteiger partial charge in [-0.2, -0.15) is 0 Å². The van der Waals surface area contributed by atoms with E-state index in [4.69, 9.17) is 0 Å². The Balaban J connectivity index is 1.79. The van der Waals surface area contributed by atoms with E-state index in [0.29, 0.717) is 12.1 Å². The van der Waals surface area contributed by atoms with Crippen LogP contribution in [0.1, 0.15) is 19.5 Å². The molecule has 0 aliphatic carbocycles. The van der Waals surface area contributed by atoms with E-state index < -0.39 is 0 Å². The van der Waals surface area contributed by atoms with Crippen molar-refractivity contribution in [1.29, 1.82) is 0 Å². The number of fused-ring (bicyclic) bond motifs is 1. The second-order valence-electron chi connectivity index (χ2n) is 4.85. The third-order valence-electron chi connectivity index (χ3n) is 3.50. The smallest absolute Gasteiger partial charge is 0.193 e. The fraction of sp³-hybridized carbons (Fsp3) is 0.583. The van der Waals surface area contributed by atoms with Crippen molar-refractivity contribution in [2.45, 2.75) is 32.5 Å². The Morgan fingerprint density at radius 2 is 2.18 bits per heavy atom. The molecule has 1 aliphatic heterocycles. The number of hydrogen-bond acceptors (Lipinski definition) is 4. The van der Waals surface area contributed by atoms with Crippen molar-refractivity contribution in [3.8, 4) is 0 Å². The standard InChI is InChI=1S/C12H18N4S/c1-9-5-13-6-10(2)16(9)8-11-7-15-3-4-17-12(15)14-11/h3-4,7,9-10,13H,5-6,8H2,1-2H3. The summed E-state index contributed by atoms with van der Waals surface area (Å²) in [6, 6.07) is 1.16. The van der Waals surface area contributed by atoms with E-state index in [2.05, 4.69) is 51.2 Å². The second kappa shape index (κ2) is 4.40. The van der Waals surface area contributed by atoms with Crippen molar-refractivity contribution in [3.63, 3.8) is 0 Å². The largest absolute Gasteiger partial charge is 0.314 e. The molecule has 3 rings (SSSR count). The number of piperazine rings is 1. The minimum absolute atomic E-state index is 0.582. The van der Waals surface area contributed by atoms with Crippen LogP contribution in [-0.4, -0.2) is 39.5 Å². The average molecular weight is 250 g/mol. The van der Waals surface area contributed by atoms with Crippen molar-refractivity contribution in [3.05, 3.63) is 23.5 Å². The monoisotopic (exact) mass is 250 g/mol. The summed E-state index contributed by atoms with van der Waals surface area (Å²) < 4.78 is 2.11. The Labute approximate surface area is 105 Å². The first-order valence-corrected chi connectivity index (χ1v) is 6.99. The minimum atomic E-state index is 0.582. The van der Waals surface area contributed by atoms with Crippen LogP contribution in [-0.2, 0) is 6.54 Å². The summed E-state index contributed by atoms with van der Waals surface area (Å²) in [7, 11) is 0. The summed E-state index contributed by atoms with van der Waals surface area (Å²) in [6.45, 7) is 7.67. The van der Waals surface area contributed by atoms with Gasteiger partial charge in [-0.05, 0) is 13.8 Å². The molecule has 0 amide bonds. The van der Waals surface area contributed by atoms with Crippen LogP contribution in [0.15, 0.2) is 17.8 Å². The number of thiazole rings is 1. The number of aromatic nitrogens is 2. The SMILES string of the molecule is CC1CNCC(C)N1Cc1cn2ccsc2n1. The lowest BCUT2D eigenvalue weighted by Crippen LogP contribution is -2.54. The molecule has 1 fully saturated rings. The Kier molecular flexibility index (Phi) is 2.90. The highest BCUT2D eigenvalue weighted by atomic mass is 32.1. The highest BCUT2D eigenvalue weighted by Gasteiger charge is 2.24. The number of nitrogens with zero attached hydrogens (tertiary/aromatic N) is 3. The van der Waals surface area contributed by atoms with Gasteiger partial charge in [0.15, 0.2) is 4.96 Å². The molecule has 1 aliphatic rings. The lowest BCUT2D eigenvalue weighted by atomic mass is 10.1. The van der Waals surface area contributed by atoms with E-state index in [9.17, 15) is 0 Å². The van der Waals surface area contributed by atoms with Crippen LogP contribution in [0.25, 0.3) is 4.96 Å². The molecule has 5 heteroatoms. The third kappa shape index (κ3) is 2.10. The van der Waals surface area contributed by atoms with Gasteiger partial charge in [-0.15, -0.1) is 11.3 Å². The molecule has 17 heavy (non-hydrogen) atoms. The van der Waals surface area contributed by atoms with Gasteiger partial charge >= 0.3 is 0 Å². The van der Waals surface area contributed by atoms with Crippen molar-refractivity contribution in [2.75, 3.05) is 13.1 Å². The molecule has 2 aromatic rings. The molecule has 4 nitrogen and oxygen atoms in total. The maximum Gasteiger partial charge on any atom is 0.193 e. The summed E-state index contributed by atoms with van der Waals surface area (Å²) >= 11 is 1.69. The lowest BCUT2D eigenvalue weighted by Gasteiger charge is -2.38. The first-order chi connectivity index (χ1) is 8.24. The van der Waals surface area contributed by atoms with Gasteiger partial charge in [-0.3, -0.25) is 9.30 Å². The van der Waals surface area contributed by atoms with Gasteiger partial charge in [0.25, 0.3) is 0 Å². The fourth-order valence-corrected chi connectivity index (χ4v) is 3.24. The van der Waals surface area contributed by atoms with Crippen molar-refractivity contribution in [1.82, 2.24) is 19.6 Å². The summed E-state index contributed by atoms with van der Waals surface area (Å²) in [5, 5.41) is 5.53. The molecular formula is C12H18N4S. The number of nitrogens with one attached hydrogen (secondary N) is 1. The van der Waals surface area contributed by atoms with Crippen LogP contribution in [0.5, 0.6) is 0 Å². The molecule has 0 radical (unpaired) electrons. The van der Waals surface area contributed by atoms with E-state index in [1.54, 1.807) is 11.3 Å². The van der Waals surface area contributed by atoms with E-state index in [1.165, 1.54) is 5.69 Å². The van der Waals surface area contributed by atoms with Crippen LogP contribution >= 0.6 is 11.3 Å². The Bertz CT molecular complexity index is 465. The van der Waals surface area contributed by atoms with E-state index in [1.807, 2.05) is 0 Å². The van der Waals surface area contributed by atoms with Crippen LogP contribution in [0.3, 0.4) is 0 Å². The molecule has 2 unspecified atom stereocenters. The second-order valence-corrected chi connectivity index (χ2v) is 5.73. The highest BCUT2D eigenvalue weighted by molar-refractivity contribution is 7.15. The van der Waals surface area contributed by atoms with E-state index >= 15 is 0 Å². The zero-order valence-corrected chi connectivity index (χ0v) is 11.1. The molecule has 92 valence electrons. The van der Waals surface area contributed by atoms with Gasteiger partial charge in [0.05, 0.1) is 5.69 Å². The molecular weight excluding hydrogens is 232 g/mol. The molecule has 0 saturated carbocycles. The van der Waals surface area contributed by atoms with Crippen LogP contribution in [0, 0.1) is 0 Å². The summed E-state index contributed by atoms with van der Waals surface area (Å²) in [6.07, 6.45) is 4.22. The first kappa shape index (κ1) is 11.2. The molecule has 2 aromatic heterocycles. The van der Waals surface area contributed by atoms with Gasteiger partial charge in [-0.1, -0.05) is 0 Å². The normalized spacial score (nSPS) is 26.7. The van der Waals surface area contributed by atoms with Crippen LogP contribution < -0.4 is 5.32 Å². The lowest BCUT2D eigenvalue weighted by molar-refractivity contribution is 0.107. The third-order valence-corrected chi connectivity index (χ3v) is 4.27. The van der Waals surface area contributed by atoms with Gasteiger partial charge in [0.2, 0.25) is 0 Å². The van der Waals surface area contributed by atoms with Gasteiger partial charge < -0.3 is 5.32 Å². The first-order valence-electron chi connectivity index (χ1n) is 6.11. The molecule has 1 N–H and O–H groups in total. The average Bonchev–Trinajstić information content (AvgIpc) is 2.83. The highest BCUT2D eigenvalue weighted by Crippen LogP contribution is 2.17. The zero-order chi connectivity index (χ0) is 11.8. The molecule has 0 bridgehead atoms. The van der Waals surface area contributed by atoms with Crippen molar-refractivity contribution < 1.29 is 0 Å². The molecule has 0 aromatic carbocycles. The summed E-state index contributed by atoms with van der Waals surface area (Å²) in [5.74, 6) is 0. The van der Waals surface area contributed by atoms with E-state index in [-0.39, 0.29) is 0 Å². The maximum absolute atomic E-state index is 4.66. The maximum atomic E-state index is 4.66. The van der Waals surface area contributed by atoms with Crippen LogP contribution in [0.2, 0.25) is 0 Å². The Morgan fingerprint density at radius 3 is 2.88 bits per heavy atom. The minimum Gasteiger partial charge on any atom is -0.314 e. The predicted molar refractivity (Wildman–Crippen MR) is 70.4 cm³/mol. The van der Waals surface area contributed by atoms with Gasteiger partial charge in [0.1, 0.15) is 0 Å². The molecule has 1 saturated heterocycles. The van der Waals surface area contributed by atoms with Gasteiger partial charge in [-0.25, -0.2) is 4.98 Å². The molecule has 0 spiro atoms. The summed E-state index contributed by atoms with van der Waals surface area (Å²) in [5.41, 5.74) is 1.18. The number of imidazole rings is 1. The topological polar surface area (TPSA) is 32.6 Å². The zero-order valence-electron chi connectivity index (χ0n) is 10.3. The van der Waals surface area contributed by atoms with Crippen LogP contribution in [0.4, 0.5) is 0 Å². The Morgan fingerprint density at radius 1 is 1.41 bits per heavy atom. The Hall–Kier alpha value is -0.910. The fourth-order valence-electron chi connectivity index (χ4n) is 2.52. The van der Waals surface area contributed by atoms with Crippen molar-refractivity contribution in [2.24, 2.45) is 0 Å². The van der Waals surface area contributed by atoms with Crippen molar-refractivity contribution >= 4 is 16.3 Å². The summed E-state index contributed by atoms with van der Waals surface area (Å²) in [4.78, 5) is 8.28. The quantitative estimate of drug-likeness (QED) is 0.878. The van der Waals surface area contributed by atoms with Gasteiger partial charge in [0, 0.05) is 49.5 Å². The number of hydrogen-bond donors (Lipinski definition) is 1. The van der Waals surface area contributed by atoms with E-state index in [0.717, 1.165) is 24.6 Å². The number of rotatable bonds is 2. The molecule has 3 heterocycles. The molecule has 2 atom stereocenters. The predicted octanol–water partition coefficient (Wildman–Crippen LogP) is 1.58.